The molecule has 0 atom stereocenters. The van der Waals surface area contributed by atoms with Crippen LogP contribution in [0.3, 0.4) is 0 Å². The molecule has 21 heavy (non-hydrogen) atoms. The Labute approximate surface area is 130 Å². The molecule has 1 heterocycles. The van der Waals surface area contributed by atoms with Gasteiger partial charge in [0.2, 0.25) is 0 Å². The first kappa shape index (κ1) is 15.4. The number of nitrogens with zero attached hydrogens (tertiary/aromatic N) is 1. The van der Waals surface area contributed by atoms with E-state index in [1.807, 2.05) is 0 Å². The van der Waals surface area contributed by atoms with E-state index in [2.05, 4.69) is 21.2 Å². The minimum absolute atomic E-state index is 0.0791. The molecule has 2 N–H and O–H groups in total. The summed E-state index contributed by atoms with van der Waals surface area (Å²) in [6.45, 7) is 4.21. The third kappa shape index (κ3) is 3.02. The average molecular weight is 355 g/mol. The fourth-order valence-electron chi connectivity index (χ4n) is 1.98. The van der Waals surface area contributed by atoms with Crippen molar-refractivity contribution in [2.45, 2.75) is 13.8 Å². The second-order valence-corrected chi connectivity index (χ2v) is 5.23. The Bertz CT molecular complexity index is 628. The van der Waals surface area contributed by atoms with E-state index >= 15 is 0 Å². The fraction of sp³-hybridized carbons (Fsp3) is 0.286. The number of nitrogens with one attached hydrogen (secondary N) is 1. The van der Waals surface area contributed by atoms with Crippen molar-refractivity contribution in [3.05, 3.63) is 27.9 Å². The van der Waals surface area contributed by atoms with Gasteiger partial charge in [0.1, 0.15) is 5.70 Å². The van der Waals surface area contributed by atoms with Gasteiger partial charge in [0.15, 0.2) is 11.5 Å². The van der Waals surface area contributed by atoms with E-state index < -0.39 is 11.9 Å². The van der Waals surface area contributed by atoms with Gasteiger partial charge in [0, 0.05) is 16.6 Å². The third-order valence-corrected chi connectivity index (χ3v) is 3.41. The fourth-order valence-corrected chi connectivity index (χ4v) is 2.44. The molecule has 1 saturated heterocycles. The van der Waals surface area contributed by atoms with Crippen molar-refractivity contribution in [1.29, 1.82) is 0 Å². The Morgan fingerprint density at radius 1 is 1.38 bits per heavy atom. The minimum Gasteiger partial charge on any atom is -0.504 e. The van der Waals surface area contributed by atoms with Gasteiger partial charge in [0.25, 0.3) is 5.91 Å². The van der Waals surface area contributed by atoms with Gasteiger partial charge in [-0.1, -0.05) is 15.9 Å². The first-order valence-electron chi connectivity index (χ1n) is 6.47. The summed E-state index contributed by atoms with van der Waals surface area (Å²) in [4.78, 5) is 24.7. The van der Waals surface area contributed by atoms with Crippen molar-refractivity contribution < 1.29 is 19.4 Å². The summed E-state index contributed by atoms with van der Waals surface area (Å²) in [6.07, 6.45) is 1.43. The summed E-state index contributed by atoms with van der Waals surface area (Å²) in [6, 6.07) is 2.81. The predicted molar refractivity (Wildman–Crippen MR) is 80.9 cm³/mol. The molecule has 6 nitrogen and oxygen atoms in total. The zero-order valence-corrected chi connectivity index (χ0v) is 13.2. The maximum absolute atomic E-state index is 12.0. The van der Waals surface area contributed by atoms with Crippen molar-refractivity contribution in [3.8, 4) is 11.5 Å². The summed E-state index contributed by atoms with van der Waals surface area (Å²) in [7, 11) is 0. The SMILES string of the molecule is CCOc1cc(Br)cc(C=C2NC(=O)N(CC)C2=O)c1O. The Morgan fingerprint density at radius 2 is 2.10 bits per heavy atom. The molecule has 1 aromatic carbocycles. The van der Waals surface area contributed by atoms with Gasteiger partial charge in [-0.15, -0.1) is 0 Å². The summed E-state index contributed by atoms with van der Waals surface area (Å²) in [5.41, 5.74) is 0.507. The van der Waals surface area contributed by atoms with Gasteiger partial charge >= 0.3 is 6.03 Å². The van der Waals surface area contributed by atoms with Crippen LogP contribution in [0.5, 0.6) is 11.5 Å². The lowest BCUT2D eigenvalue weighted by Gasteiger charge is -2.09. The molecule has 0 aromatic heterocycles. The van der Waals surface area contributed by atoms with E-state index in [9.17, 15) is 14.7 Å². The van der Waals surface area contributed by atoms with Gasteiger partial charge < -0.3 is 15.2 Å². The van der Waals surface area contributed by atoms with E-state index in [-0.39, 0.29) is 18.0 Å². The molecule has 112 valence electrons. The molecule has 7 heteroatoms. The topological polar surface area (TPSA) is 78.9 Å². The highest BCUT2D eigenvalue weighted by atomic mass is 79.9. The predicted octanol–water partition coefficient (Wildman–Crippen LogP) is 2.47. The largest absolute Gasteiger partial charge is 0.504 e. The monoisotopic (exact) mass is 354 g/mol. The van der Waals surface area contributed by atoms with Crippen LogP contribution in [0.4, 0.5) is 4.79 Å². The zero-order chi connectivity index (χ0) is 15.6. The molecule has 3 amide bonds. The number of carbonyl (C=O) groups excluding carboxylic acids is 2. The molecular weight excluding hydrogens is 340 g/mol. The zero-order valence-electron chi connectivity index (χ0n) is 11.6. The van der Waals surface area contributed by atoms with Gasteiger partial charge in [0.05, 0.1) is 6.61 Å². The van der Waals surface area contributed by atoms with Crippen LogP contribution in [-0.4, -0.2) is 35.1 Å². The van der Waals surface area contributed by atoms with Crippen LogP contribution in [0.1, 0.15) is 19.4 Å². The summed E-state index contributed by atoms with van der Waals surface area (Å²) >= 11 is 3.32. The van der Waals surface area contributed by atoms with Crippen LogP contribution >= 0.6 is 15.9 Å². The highest BCUT2D eigenvalue weighted by Gasteiger charge is 2.32. The van der Waals surface area contributed by atoms with Crippen molar-refractivity contribution in [1.82, 2.24) is 10.2 Å². The molecule has 1 aliphatic heterocycles. The number of hydrogen-bond donors (Lipinski definition) is 2. The minimum atomic E-state index is -0.465. The van der Waals surface area contributed by atoms with E-state index in [1.165, 1.54) is 6.08 Å². The van der Waals surface area contributed by atoms with Crippen molar-refractivity contribution >= 4 is 33.9 Å². The summed E-state index contributed by atoms with van der Waals surface area (Å²) < 4.78 is 6.02. The molecule has 0 bridgehead atoms. The van der Waals surface area contributed by atoms with E-state index in [1.54, 1.807) is 26.0 Å². The van der Waals surface area contributed by atoms with Gasteiger partial charge in [-0.2, -0.15) is 0 Å². The second-order valence-electron chi connectivity index (χ2n) is 4.31. The lowest BCUT2D eigenvalue weighted by atomic mass is 10.1. The van der Waals surface area contributed by atoms with Gasteiger partial charge in [-0.3, -0.25) is 9.69 Å². The number of hydrogen-bond acceptors (Lipinski definition) is 4. The number of imide groups is 1. The number of carbonyl (C=O) groups is 2. The molecule has 0 radical (unpaired) electrons. The number of rotatable bonds is 4. The number of amides is 3. The second kappa shape index (κ2) is 6.17. The number of ether oxygens (including phenoxy) is 1. The highest BCUT2D eigenvalue weighted by Crippen LogP contribution is 2.35. The number of phenolic OH excluding ortho intramolecular Hbond substituents is 1. The number of benzene rings is 1. The van der Waals surface area contributed by atoms with E-state index in [0.717, 1.165) is 4.90 Å². The highest BCUT2D eigenvalue weighted by molar-refractivity contribution is 9.10. The van der Waals surface area contributed by atoms with E-state index in [4.69, 9.17) is 4.74 Å². The van der Waals surface area contributed by atoms with Crippen LogP contribution in [-0.2, 0) is 4.79 Å². The molecule has 1 aliphatic rings. The smallest absolute Gasteiger partial charge is 0.328 e. The number of phenols is 1. The normalized spacial score (nSPS) is 16.5. The van der Waals surface area contributed by atoms with Crippen molar-refractivity contribution in [2.75, 3.05) is 13.2 Å². The Balaban J connectivity index is 2.42. The molecular formula is C14H15BrN2O4. The first-order valence-corrected chi connectivity index (χ1v) is 7.27. The standard InChI is InChI=1S/C14H15BrN2O4/c1-3-17-13(19)10(16-14(17)20)6-8-5-9(15)7-11(12(8)18)21-4-2/h5-7,18H,3-4H2,1-2H3,(H,16,20). The Kier molecular flexibility index (Phi) is 4.52. The number of urea groups is 1. The quantitative estimate of drug-likeness (QED) is 0.643. The van der Waals surface area contributed by atoms with Crippen LogP contribution in [0.15, 0.2) is 22.3 Å². The van der Waals surface area contributed by atoms with Crippen LogP contribution < -0.4 is 10.1 Å². The molecule has 0 saturated carbocycles. The number of aromatic hydroxyl groups is 1. The Hall–Kier alpha value is -2.02. The van der Waals surface area contributed by atoms with Crippen molar-refractivity contribution in [3.63, 3.8) is 0 Å². The molecule has 1 aromatic rings. The van der Waals surface area contributed by atoms with Crippen molar-refractivity contribution in [2.24, 2.45) is 0 Å². The third-order valence-electron chi connectivity index (χ3n) is 2.95. The lowest BCUT2D eigenvalue weighted by molar-refractivity contribution is -0.122. The van der Waals surface area contributed by atoms with Gasteiger partial charge in [-0.25, -0.2) is 4.79 Å². The number of likely N-dealkylation sites (N-methyl/N-ethyl adjacent to an activating group) is 1. The maximum Gasteiger partial charge on any atom is 0.328 e. The van der Waals surface area contributed by atoms with Crippen LogP contribution in [0.25, 0.3) is 6.08 Å². The first-order chi connectivity index (χ1) is 9.97. The Morgan fingerprint density at radius 3 is 2.67 bits per heavy atom. The van der Waals surface area contributed by atoms with E-state index in [0.29, 0.717) is 22.4 Å². The summed E-state index contributed by atoms with van der Waals surface area (Å²) in [5.74, 6) is -0.188. The lowest BCUT2D eigenvalue weighted by Crippen LogP contribution is -2.30. The molecule has 1 fully saturated rings. The van der Waals surface area contributed by atoms with Crippen LogP contribution in [0.2, 0.25) is 0 Å². The molecule has 0 spiro atoms. The summed E-state index contributed by atoms with van der Waals surface area (Å²) in [5, 5.41) is 12.6. The maximum atomic E-state index is 12.0. The van der Waals surface area contributed by atoms with Gasteiger partial charge in [-0.05, 0) is 32.1 Å². The average Bonchev–Trinajstić information content (AvgIpc) is 2.69. The van der Waals surface area contributed by atoms with Crippen LogP contribution in [0, 0.1) is 0 Å². The molecule has 0 unspecified atom stereocenters. The number of halogens is 1. The molecule has 0 aliphatic carbocycles. The molecule has 2 rings (SSSR count).